The molecule has 1 aromatic carbocycles. The largest absolute Gasteiger partial charge is 0.294 e. The Morgan fingerprint density at radius 1 is 0.594 bits per heavy atom. The Balaban J connectivity index is 1.70. The van der Waals surface area contributed by atoms with Crippen LogP contribution in [0.4, 0.5) is 0 Å². The van der Waals surface area contributed by atoms with Crippen molar-refractivity contribution in [2.24, 2.45) is 0 Å². The van der Waals surface area contributed by atoms with Gasteiger partial charge in [-0.2, -0.15) is 0 Å². The van der Waals surface area contributed by atoms with Crippen LogP contribution in [0.3, 0.4) is 0 Å². The van der Waals surface area contributed by atoms with Crippen molar-refractivity contribution in [1.29, 1.82) is 0 Å². The zero-order valence-corrected chi connectivity index (χ0v) is 18.4. The summed E-state index contributed by atoms with van der Waals surface area (Å²) < 4.78 is 3.19. The molecule has 0 aliphatic heterocycles. The van der Waals surface area contributed by atoms with Crippen LogP contribution in [0.25, 0.3) is 50.4 Å². The number of rotatable bonds is 3. The lowest BCUT2D eigenvalue weighted by Gasteiger charge is -2.12. The number of benzene rings is 1. The van der Waals surface area contributed by atoms with Gasteiger partial charge in [-0.1, -0.05) is 34.1 Å². The van der Waals surface area contributed by atoms with E-state index < -0.39 is 0 Å². The number of aromatic nitrogens is 5. The normalized spacial score (nSPS) is 11.3. The van der Waals surface area contributed by atoms with Crippen LogP contribution < -0.4 is 0 Å². The molecule has 5 aromatic heterocycles. The van der Waals surface area contributed by atoms with Crippen LogP contribution >= 0.6 is 15.9 Å². The number of fused-ring (bicyclic) bond motifs is 3. The standard InChI is InChI=1S/C26H16BrN5/c27-17-9-10-19-20-6-5-13-30-26(20)32(25(19)14-17)18-15-23(21-7-1-3-11-28-21)31-24(16-18)22-8-2-4-12-29-22/h1-16H. The highest BCUT2D eigenvalue weighted by molar-refractivity contribution is 9.10. The van der Waals surface area contributed by atoms with Crippen LogP contribution in [-0.4, -0.2) is 24.5 Å². The van der Waals surface area contributed by atoms with Gasteiger partial charge in [-0.25, -0.2) is 9.97 Å². The van der Waals surface area contributed by atoms with Crippen LogP contribution in [0.15, 0.2) is 102 Å². The molecule has 0 saturated heterocycles. The van der Waals surface area contributed by atoms with Crippen LogP contribution in [-0.2, 0) is 0 Å². The number of nitrogens with zero attached hydrogens (tertiary/aromatic N) is 5. The fourth-order valence-corrected chi connectivity index (χ4v) is 4.36. The Morgan fingerprint density at radius 2 is 1.28 bits per heavy atom. The first-order chi connectivity index (χ1) is 15.8. The quantitative estimate of drug-likeness (QED) is 0.293. The summed E-state index contributed by atoms with van der Waals surface area (Å²) in [5.41, 5.74) is 6.10. The minimum Gasteiger partial charge on any atom is -0.294 e. The van der Waals surface area contributed by atoms with Gasteiger partial charge in [-0.3, -0.25) is 14.5 Å². The molecule has 0 fully saturated rings. The van der Waals surface area contributed by atoms with Crippen molar-refractivity contribution < 1.29 is 0 Å². The predicted octanol–water partition coefficient (Wildman–Crippen LogP) is 6.46. The first kappa shape index (κ1) is 18.8. The van der Waals surface area contributed by atoms with Gasteiger partial charge in [0, 0.05) is 33.8 Å². The van der Waals surface area contributed by atoms with Gasteiger partial charge in [-0.05, 0) is 60.7 Å². The SMILES string of the molecule is Brc1ccc2c3cccnc3n(-c3cc(-c4ccccn4)nc(-c4ccccn4)c3)c2c1. The zero-order chi connectivity index (χ0) is 21.5. The molecule has 0 aliphatic carbocycles. The van der Waals surface area contributed by atoms with Gasteiger partial charge in [0.25, 0.3) is 0 Å². The number of halogens is 1. The number of hydrogen-bond donors (Lipinski definition) is 0. The van der Waals surface area contributed by atoms with Crippen LogP contribution in [0.5, 0.6) is 0 Å². The first-order valence-corrected chi connectivity index (χ1v) is 11.0. The second-order valence-corrected chi connectivity index (χ2v) is 8.31. The van der Waals surface area contributed by atoms with Crippen LogP contribution in [0, 0.1) is 0 Å². The monoisotopic (exact) mass is 477 g/mol. The maximum Gasteiger partial charge on any atom is 0.145 e. The third kappa shape index (κ3) is 3.16. The van der Waals surface area contributed by atoms with E-state index in [2.05, 4.69) is 66.9 Å². The molecule has 5 nitrogen and oxygen atoms in total. The van der Waals surface area contributed by atoms with Gasteiger partial charge >= 0.3 is 0 Å². The molecule has 0 aliphatic rings. The van der Waals surface area contributed by atoms with Gasteiger partial charge < -0.3 is 0 Å². The van der Waals surface area contributed by atoms with Crippen molar-refractivity contribution in [2.45, 2.75) is 0 Å². The molecule has 0 spiro atoms. The van der Waals surface area contributed by atoms with Crippen molar-refractivity contribution in [3.63, 3.8) is 0 Å². The summed E-state index contributed by atoms with van der Waals surface area (Å²) >= 11 is 3.63. The van der Waals surface area contributed by atoms with Crippen LogP contribution in [0.1, 0.15) is 0 Å². The minimum atomic E-state index is 0.782. The summed E-state index contributed by atoms with van der Waals surface area (Å²) in [6, 6.07) is 26.2. The minimum absolute atomic E-state index is 0.782. The second-order valence-electron chi connectivity index (χ2n) is 7.40. The third-order valence-corrected chi connectivity index (χ3v) is 5.91. The van der Waals surface area contributed by atoms with Crippen molar-refractivity contribution in [1.82, 2.24) is 24.5 Å². The van der Waals surface area contributed by atoms with Gasteiger partial charge in [0.05, 0.1) is 34.0 Å². The Hall–Kier alpha value is -3.90. The van der Waals surface area contributed by atoms with E-state index in [0.717, 1.165) is 54.9 Å². The molecular weight excluding hydrogens is 462 g/mol. The van der Waals surface area contributed by atoms with Gasteiger partial charge in [0.2, 0.25) is 0 Å². The average molecular weight is 478 g/mol. The molecule has 6 aromatic rings. The summed E-state index contributed by atoms with van der Waals surface area (Å²) in [5, 5.41) is 2.25. The van der Waals surface area contributed by atoms with E-state index in [9.17, 15) is 0 Å². The summed E-state index contributed by atoms with van der Waals surface area (Å²) in [7, 11) is 0. The summed E-state index contributed by atoms with van der Waals surface area (Å²) in [6.45, 7) is 0. The lowest BCUT2D eigenvalue weighted by molar-refractivity contribution is 1.11. The predicted molar refractivity (Wildman–Crippen MR) is 131 cm³/mol. The molecule has 6 heteroatoms. The Morgan fingerprint density at radius 3 is 1.94 bits per heavy atom. The molecule has 5 heterocycles. The molecule has 32 heavy (non-hydrogen) atoms. The van der Waals surface area contributed by atoms with E-state index in [4.69, 9.17) is 9.97 Å². The maximum atomic E-state index is 4.89. The highest BCUT2D eigenvalue weighted by Crippen LogP contribution is 2.34. The topological polar surface area (TPSA) is 56.5 Å². The molecule has 0 radical (unpaired) electrons. The lowest BCUT2D eigenvalue weighted by atomic mass is 10.1. The molecule has 0 atom stereocenters. The number of hydrogen-bond acceptors (Lipinski definition) is 4. The van der Waals surface area contributed by atoms with Gasteiger partial charge in [0.15, 0.2) is 0 Å². The van der Waals surface area contributed by atoms with Crippen molar-refractivity contribution in [3.8, 4) is 28.5 Å². The molecule has 0 N–H and O–H groups in total. The lowest BCUT2D eigenvalue weighted by Crippen LogP contribution is -2.00. The molecular formula is C26H16BrN5. The second kappa shape index (κ2) is 7.66. The smallest absolute Gasteiger partial charge is 0.145 e. The van der Waals surface area contributed by atoms with E-state index in [1.807, 2.05) is 48.7 Å². The van der Waals surface area contributed by atoms with E-state index in [0.29, 0.717) is 0 Å². The highest BCUT2D eigenvalue weighted by atomic mass is 79.9. The van der Waals surface area contributed by atoms with Crippen molar-refractivity contribution >= 4 is 37.9 Å². The number of pyridine rings is 4. The van der Waals surface area contributed by atoms with Crippen molar-refractivity contribution in [2.75, 3.05) is 0 Å². The summed E-state index contributed by atoms with van der Waals surface area (Å²) in [6.07, 6.45) is 5.39. The van der Waals surface area contributed by atoms with E-state index in [1.54, 1.807) is 12.4 Å². The average Bonchev–Trinajstić information content (AvgIpc) is 3.18. The highest BCUT2D eigenvalue weighted by Gasteiger charge is 2.16. The molecule has 6 rings (SSSR count). The molecule has 0 amide bonds. The Labute approximate surface area is 192 Å². The van der Waals surface area contributed by atoms with Crippen molar-refractivity contribution in [3.05, 3.63) is 102 Å². The fourth-order valence-electron chi connectivity index (χ4n) is 4.01. The molecule has 0 saturated carbocycles. The first-order valence-electron chi connectivity index (χ1n) is 10.2. The van der Waals surface area contributed by atoms with Gasteiger partial charge in [0.1, 0.15) is 5.65 Å². The van der Waals surface area contributed by atoms with Crippen LogP contribution in [0.2, 0.25) is 0 Å². The Kier molecular flexibility index (Phi) is 4.51. The molecule has 0 unspecified atom stereocenters. The maximum absolute atomic E-state index is 4.89. The Bertz CT molecular complexity index is 1520. The molecule has 0 bridgehead atoms. The van der Waals surface area contributed by atoms with E-state index in [1.165, 1.54) is 0 Å². The zero-order valence-electron chi connectivity index (χ0n) is 16.9. The summed E-state index contributed by atoms with van der Waals surface area (Å²) in [5.74, 6) is 0. The fraction of sp³-hybridized carbons (Fsp3) is 0. The van der Waals surface area contributed by atoms with E-state index >= 15 is 0 Å². The van der Waals surface area contributed by atoms with E-state index in [-0.39, 0.29) is 0 Å². The molecule has 152 valence electrons. The third-order valence-electron chi connectivity index (χ3n) is 5.41. The summed E-state index contributed by atoms with van der Waals surface area (Å²) in [4.78, 5) is 18.7. The van der Waals surface area contributed by atoms with Gasteiger partial charge in [-0.15, -0.1) is 0 Å².